The normalized spacial score (nSPS) is 46.9. The number of carbonyl (C=O) groups excluding carboxylic acids is 2. The molecule has 70 heavy (non-hydrogen) atoms. The molecule has 1 aliphatic heterocycles. The number of ether oxygens (including phenoxy) is 6. The summed E-state index contributed by atoms with van der Waals surface area (Å²) in [7, 11) is 6.64. The van der Waals surface area contributed by atoms with Crippen LogP contribution in [0.4, 0.5) is 0 Å². The highest BCUT2D eigenvalue weighted by molar-refractivity contribution is 5.77. The van der Waals surface area contributed by atoms with Crippen LogP contribution in [0.1, 0.15) is 199 Å². The Bertz CT molecular complexity index is 2620. The van der Waals surface area contributed by atoms with Gasteiger partial charge in [0.25, 0.3) is 0 Å². The third kappa shape index (κ3) is 5.77. The Morgan fingerprint density at radius 2 is 1.10 bits per heavy atom. The van der Waals surface area contributed by atoms with Crippen LogP contribution in [0.2, 0.25) is 0 Å². The second kappa shape index (κ2) is 15.0. The van der Waals surface area contributed by atoms with Crippen LogP contribution < -0.4 is 18.9 Å². The number of carbonyl (C=O) groups is 2. The van der Waals surface area contributed by atoms with E-state index in [-0.39, 0.29) is 73.4 Å². The summed E-state index contributed by atoms with van der Waals surface area (Å²) in [5.74, 6) is 4.39. The molecule has 1 heterocycles. The minimum absolute atomic E-state index is 0.0330. The Morgan fingerprint density at radius 3 is 1.66 bits per heavy atom. The zero-order valence-electron chi connectivity index (χ0n) is 45.9. The Balaban J connectivity index is 1.04. The Hall–Kier alpha value is -3.68. The second-order valence-electron chi connectivity index (χ2n) is 27.9. The van der Waals surface area contributed by atoms with Crippen molar-refractivity contribution in [1.29, 1.82) is 0 Å². The van der Waals surface area contributed by atoms with Gasteiger partial charge in [-0.25, -0.2) is 0 Å². The number of benzene rings is 2. The monoisotopic (exact) mass is 959 g/mol. The summed E-state index contributed by atoms with van der Waals surface area (Å²) in [5.41, 5.74) is 6.30. The molecule has 0 saturated heterocycles. The van der Waals surface area contributed by atoms with Crippen molar-refractivity contribution in [2.45, 2.75) is 196 Å². The van der Waals surface area contributed by atoms with E-state index in [0.29, 0.717) is 17.8 Å². The zero-order chi connectivity index (χ0) is 50.4. The highest BCUT2D eigenvalue weighted by Crippen LogP contribution is 2.79. The lowest BCUT2D eigenvalue weighted by Crippen LogP contribution is -2.69. The van der Waals surface area contributed by atoms with Gasteiger partial charge < -0.3 is 28.4 Å². The van der Waals surface area contributed by atoms with Gasteiger partial charge in [0.2, 0.25) is 0 Å². The number of esters is 2. The number of methoxy groups -OCH3 is 4. The van der Waals surface area contributed by atoms with Crippen molar-refractivity contribution in [3.63, 3.8) is 0 Å². The number of hydrogen-bond acceptors (Lipinski definition) is 8. The molecule has 9 aliphatic rings. The van der Waals surface area contributed by atoms with Crippen LogP contribution in [0, 0.1) is 80.8 Å². The van der Waals surface area contributed by atoms with E-state index >= 15 is 0 Å². The van der Waals surface area contributed by atoms with Crippen molar-refractivity contribution in [2.24, 2.45) is 67.0 Å². The van der Waals surface area contributed by atoms with Gasteiger partial charge in [-0.3, -0.25) is 9.59 Å². The molecule has 0 aromatic heterocycles. The summed E-state index contributed by atoms with van der Waals surface area (Å²) < 4.78 is 39.1. The molecule has 0 bridgehead atoms. The third-order valence-electron chi connectivity index (χ3n) is 25.1. The van der Waals surface area contributed by atoms with Gasteiger partial charge in [0.15, 0.2) is 29.1 Å². The molecule has 382 valence electrons. The Morgan fingerprint density at radius 1 is 0.571 bits per heavy atom. The van der Waals surface area contributed by atoms with Crippen molar-refractivity contribution in [3.8, 4) is 23.0 Å². The Kier molecular flexibility index (Phi) is 10.4. The first-order chi connectivity index (χ1) is 32.8. The summed E-state index contributed by atoms with van der Waals surface area (Å²) >= 11 is 0. The molecule has 8 aliphatic carbocycles. The predicted octanol–water partition coefficient (Wildman–Crippen LogP) is 14.2. The molecule has 16 atom stereocenters. The van der Waals surface area contributed by atoms with E-state index in [1.807, 2.05) is 0 Å². The molecule has 6 fully saturated rings. The number of allylic oxidation sites excluding steroid dienone is 1. The number of fused-ring (bicyclic) bond motifs is 18. The molecule has 2 aromatic rings. The summed E-state index contributed by atoms with van der Waals surface area (Å²) in [6, 6.07) is 4.73. The maximum Gasteiger partial charge on any atom is 0.311 e. The summed E-state index contributed by atoms with van der Waals surface area (Å²) in [6.45, 7) is 29.4. The molecule has 0 unspecified atom stereocenters. The topological polar surface area (TPSA) is 89.5 Å². The smallest absolute Gasteiger partial charge is 0.311 e. The van der Waals surface area contributed by atoms with Crippen LogP contribution in [-0.2, 0) is 29.9 Å². The van der Waals surface area contributed by atoms with E-state index in [2.05, 4.69) is 107 Å². The first-order valence-corrected chi connectivity index (χ1v) is 27.4. The molecule has 2 aromatic carbocycles. The molecule has 8 heteroatoms. The molecule has 6 saturated carbocycles. The van der Waals surface area contributed by atoms with Gasteiger partial charge in [0.1, 0.15) is 6.10 Å². The molecule has 0 amide bonds. The first-order valence-electron chi connectivity index (χ1n) is 27.4. The number of rotatable bonds is 4. The van der Waals surface area contributed by atoms with Crippen LogP contribution >= 0.6 is 0 Å². The van der Waals surface area contributed by atoms with E-state index in [1.54, 1.807) is 28.4 Å². The van der Waals surface area contributed by atoms with Crippen LogP contribution in [0.15, 0.2) is 18.2 Å². The molecular weight excluding hydrogens is 873 g/mol. The largest absolute Gasteiger partial charge is 0.493 e. The first kappa shape index (κ1) is 48.6. The van der Waals surface area contributed by atoms with Crippen LogP contribution in [0.5, 0.6) is 23.0 Å². The van der Waals surface area contributed by atoms with E-state index in [9.17, 15) is 9.59 Å². The van der Waals surface area contributed by atoms with Gasteiger partial charge in [0.05, 0.1) is 39.3 Å². The number of hydrogen-bond donors (Lipinski definition) is 0. The minimum Gasteiger partial charge on any atom is -0.493 e. The molecule has 0 radical (unpaired) electrons. The quantitative estimate of drug-likeness (QED) is 0.280. The van der Waals surface area contributed by atoms with E-state index in [1.165, 1.54) is 35.1 Å². The van der Waals surface area contributed by atoms with Crippen molar-refractivity contribution in [2.75, 3.05) is 28.4 Å². The fraction of sp³-hybridized carbons (Fsp3) is 0.742. The maximum absolute atomic E-state index is 13.6. The molecule has 11 rings (SSSR count). The van der Waals surface area contributed by atoms with Gasteiger partial charge in [-0.05, 0) is 197 Å². The lowest BCUT2D eigenvalue weighted by Gasteiger charge is -2.73. The van der Waals surface area contributed by atoms with E-state index in [0.717, 1.165) is 111 Å². The van der Waals surface area contributed by atoms with Gasteiger partial charge in [-0.2, -0.15) is 0 Å². The summed E-state index contributed by atoms with van der Waals surface area (Å²) in [6.07, 6.45) is 18.9. The second-order valence-corrected chi connectivity index (χ2v) is 27.9. The SMILES string of the molecule is COC(=O)[C@]1(C)CC[C@]2(C)CC[C@]3(C)[C@H]4C=Cc5c(cc6c(c5C)O[C@@H]5c7c(cc(OC)c(OC)c7C)[C@]7(C)CC[C@@]8(C)[C@@H]9C[C@](C)(C(=O)OC)CC[C@]9(C)CC[C@]8(C)[C@H]7[C@@H]5O6)[C@]4(C)CC[C@@]3(C)[C@@H]2C1. The minimum atomic E-state index is -0.503. The molecular formula is C62H86O8. The zero-order valence-corrected chi connectivity index (χ0v) is 45.9. The average molecular weight is 959 g/mol. The molecule has 8 nitrogen and oxygen atoms in total. The lowest BCUT2D eigenvalue weighted by atomic mass is 9.32. The molecule has 0 spiro atoms. The highest BCUT2D eigenvalue weighted by Gasteiger charge is 2.73. The van der Waals surface area contributed by atoms with E-state index in [4.69, 9.17) is 28.4 Å². The molecule has 0 N–H and O–H groups in total. The standard InChI is InChI=1S/C62H86O8/c1-35-37-17-18-42-57(7,25-29-60(10)43-33-55(5,51(63)67-15)21-19-53(43,3)23-27-59(42,60)9)38(37)31-41-47(35)70-48-45-36(2)46(66-14)40(65-13)32-39(45)58(8)26-30-61(11)44-34-56(6,52(64)68-16)22-20-54(44,4)24-28-62(61,12)50(58)49(48)69-41/h17-18,31-32,42-44,48-50H,19-30,33-34H2,1-16H3/t42-,43+,44+,48+,49+,50-,53+,54+,55+,56+,57-,58-,59+,60-,61-,62+/m0/s1. The van der Waals surface area contributed by atoms with E-state index < -0.39 is 10.8 Å². The van der Waals surface area contributed by atoms with Gasteiger partial charge >= 0.3 is 11.9 Å². The van der Waals surface area contributed by atoms with Crippen molar-refractivity contribution in [1.82, 2.24) is 0 Å². The van der Waals surface area contributed by atoms with Crippen molar-refractivity contribution in [3.05, 3.63) is 51.6 Å². The van der Waals surface area contributed by atoms with Crippen LogP contribution in [0.3, 0.4) is 0 Å². The summed E-state index contributed by atoms with van der Waals surface area (Å²) in [4.78, 5) is 27.1. The predicted molar refractivity (Wildman–Crippen MR) is 274 cm³/mol. The Labute approximate surface area is 420 Å². The third-order valence-corrected chi connectivity index (χ3v) is 25.1. The maximum atomic E-state index is 13.6. The van der Waals surface area contributed by atoms with Gasteiger partial charge in [0, 0.05) is 33.4 Å². The van der Waals surface area contributed by atoms with Crippen molar-refractivity contribution < 1.29 is 38.0 Å². The highest BCUT2D eigenvalue weighted by atomic mass is 16.6. The van der Waals surface area contributed by atoms with Gasteiger partial charge in [-0.1, -0.05) is 67.5 Å². The fourth-order valence-corrected chi connectivity index (χ4v) is 20.2. The van der Waals surface area contributed by atoms with Crippen LogP contribution in [0.25, 0.3) is 6.08 Å². The summed E-state index contributed by atoms with van der Waals surface area (Å²) in [5, 5.41) is 0. The fourth-order valence-electron chi connectivity index (χ4n) is 20.2. The van der Waals surface area contributed by atoms with Crippen LogP contribution in [-0.4, -0.2) is 46.5 Å². The lowest BCUT2D eigenvalue weighted by molar-refractivity contribution is -0.238. The van der Waals surface area contributed by atoms with Crippen molar-refractivity contribution >= 4 is 18.0 Å². The average Bonchev–Trinajstić information content (AvgIpc) is 3.33. The van der Waals surface area contributed by atoms with Gasteiger partial charge in [-0.15, -0.1) is 0 Å².